The molecule has 0 unspecified atom stereocenters. The molecule has 30 heavy (non-hydrogen) atoms. The number of phenols is 1. The van der Waals surface area contributed by atoms with Crippen LogP contribution in [0.4, 0.5) is 5.69 Å². The van der Waals surface area contributed by atoms with Crippen LogP contribution in [0, 0.1) is 21.4 Å². The highest BCUT2D eigenvalue weighted by molar-refractivity contribution is 6.05. The summed E-state index contributed by atoms with van der Waals surface area (Å²) in [5, 5.41) is 34.0. The number of hydrogen-bond acceptors (Lipinski definition) is 7. The first kappa shape index (κ1) is 20.5. The molecular formula is C21H18N4O5. The van der Waals surface area contributed by atoms with Crippen LogP contribution in [-0.2, 0) is 11.2 Å². The van der Waals surface area contributed by atoms with Crippen molar-refractivity contribution < 1.29 is 19.6 Å². The summed E-state index contributed by atoms with van der Waals surface area (Å²) in [7, 11) is 1.58. The molecule has 1 aliphatic carbocycles. The quantitative estimate of drug-likeness (QED) is 0.257. The number of nitriles is 1. The number of nitrogens with zero attached hydrogens (tertiary/aromatic N) is 3. The Kier molecular flexibility index (Phi) is 6.08. The molecule has 9 heteroatoms. The van der Waals surface area contributed by atoms with Gasteiger partial charge in [0.25, 0.3) is 11.6 Å². The zero-order valence-corrected chi connectivity index (χ0v) is 16.1. The molecule has 0 bridgehead atoms. The van der Waals surface area contributed by atoms with Gasteiger partial charge in [0.05, 0.1) is 18.2 Å². The molecule has 0 aliphatic heterocycles. The summed E-state index contributed by atoms with van der Waals surface area (Å²) in [5.74, 6) is -0.218. The van der Waals surface area contributed by atoms with E-state index in [9.17, 15) is 25.3 Å². The molecule has 0 saturated carbocycles. The van der Waals surface area contributed by atoms with Crippen molar-refractivity contribution in [2.45, 2.75) is 19.3 Å². The Bertz CT molecular complexity index is 1110. The number of allylic oxidation sites excluding steroid dienone is 1. The van der Waals surface area contributed by atoms with Crippen LogP contribution in [0.3, 0.4) is 0 Å². The smallest absolute Gasteiger partial charge is 0.282 e. The molecule has 1 aliphatic rings. The number of non-ortho nitro benzene ring substituents is 1. The van der Waals surface area contributed by atoms with Crippen LogP contribution in [0.5, 0.6) is 11.5 Å². The molecule has 0 heterocycles. The minimum Gasteiger partial charge on any atom is -0.507 e. The molecule has 1 amide bonds. The van der Waals surface area contributed by atoms with Crippen LogP contribution in [0.1, 0.15) is 29.5 Å². The highest BCUT2D eigenvalue weighted by Gasteiger charge is 2.22. The van der Waals surface area contributed by atoms with E-state index >= 15 is 0 Å². The maximum atomic E-state index is 12.6. The van der Waals surface area contributed by atoms with Gasteiger partial charge in [-0.15, -0.1) is 0 Å². The third-order valence-electron chi connectivity index (χ3n) is 4.74. The molecule has 0 spiro atoms. The molecule has 0 saturated heterocycles. The number of nitro groups is 1. The number of benzene rings is 2. The number of fused-ring (bicyclic) bond motifs is 1. The Hall–Kier alpha value is -4.19. The van der Waals surface area contributed by atoms with Crippen LogP contribution in [-0.4, -0.2) is 29.3 Å². The molecule has 152 valence electrons. The lowest BCUT2D eigenvalue weighted by molar-refractivity contribution is -0.384. The molecule has 3 rings (SSSR count). The van der Waals surface area contributed by atoms with Gasteiger partial charge in [0.1, 0.15) is 23.1 Å². The summed E-state index contributed by atoms with van der Waals surface area (Å²) >= 11 is 0. The van der Waals surface area contributed by atoms with Crippen LogP contribution < -0.4 is 10.2 Å². The van der Waals surface area contributed by atoms with Gasteiger partial charge in [-0.1, -0.05) is 6.07 Å². The summed E-state index contributed by atoms with van der Waals surface area (Å²) in [6.07, 6.45) is 3.27. The first-order valence-corrected chi connectivity index (χ1v) is 9.06. The van der Waals surface area contributed by atoms with Gasteiger partial charge in [0, 0.05) is 17.7 Å². The maximum absolute atomic E-state index is 12.6. The Morgan fingerprint density at radius 3 is 2.83 bits per heavy atom. The minimum absolute atomic E-state index is 0.0541. The number of nitrogens with one attached hydrogen (secondary N) is 1. The number of aromatic hydroxyl groups is 1. The fourth-order valence-electron chi connectivity index (χ4n) is 3.28. The van der Waals surface area contributed by atoms with Gasteiger partial charge in [-0.3, -0.25) is 14.9 Å². The summed E-state index contributed by atoms with van der Waals surface area (Å²) < 4.78 is 5.24. The average Bonchev–Trinajstić information content (AvgIpc) is 2.75. The predicted octanol–water partition coefficient (Wildman–Crippen LogP) is 3.07. The third kappa shape index (κ3) is 4.28. The highest BCUT2D eigenvalue weighted by Crippen LogP contribution is 2.35. The van der Waals surface area contributed by atoms with Gasteiger partial charge in [-0.2, -0.15) is 10.4 Å². The molecule has 0 aromatic heterocycles. The molecule has 2 N–H and O–H groups in total. The number of carbonyl (C=O) groups is 1. The van der Waals surface area contributed by atoms with Gasteiger partial charge < -0.3 is 9.84 Å². The van der Waals surface area contributed by atoms with Crippen LogP contribution >= 0.6 is 0 Å². The number of hydrogen-bond donors (Lipinski definition) is 2. The molecule has 2 aromatic rings. The Labute approximate surface area is 172 Å². The zero-order valence-electron chi connectivity index (χ0n) is 16.1. The SMILES string of the molecule is COc1ccc2c(c1)CCCC2=C(C#N)C(=O)NN=Cc1cc([N+](=O)[O-])ccc1O. The van der Waals surface area contributed by atoms with Gasteiger partial charge in [-0.05, 0) is 54.2 Å². The predicted molar refractivity (Wildman–Crippen MR) is 109 cm³/mol. The van der Waals surface area contributed by atoms with E-state index in [1.165, 1.54) is 0 Å². The van der Waals surface area contributed by atoms with E-state index < -0.39 is 10.8 Å². The van der Waals surface area contributed by atoms with Crippen molar-refractivity contribution in [3.8, 4) is 17.6 Å². The summed E-state index contributed by atoms with van der Waals surface area (Å²) in [6, 6.07) is 10.9. The second kappa shape index (κ2) is 8.87. The summed E-state index contributed by atoms with van der Waals surface area (Å²) in [4.78, 5) is 22.8. The third-order valence-corrected chi connectivity index (χ3v) is 4.74. The zero-order chi connectivity index (χ0) is 21.7. The van der Waals surface area contributed by atoms with Crippen LogP contribution in [0.25, 0.3) is 5.57 Å². The van der Waals surface area contributed by atoms with Crippen LogP contribution in [0.15, 0.2) is 47.1 Å². The molecule has 0 fully saturated rings. The first-order chi connectivity index (χ1) is 14.4. The number of methoxy groups -OCH3 is 1. The number of phenolic OH excluding ortho intramolecular Hbond substituents is 1. The molecular weight excluding hydrogens is 388 g/mol. The molecule has 0 atom stereocenters. The first-order valence-electron chi connectivity index (χ1n) is 9.06. The monoisotopic (exact) mass is 406 g/mol. The second-order valence-corrected chi connectivity index (χ2v) is 6.54. The lowest BCUT2D eigenvalue weighted by atomic mass is 9.84. The second-order valence-electron chi connectivity index (χ2n) is 6.54. The Morgan fingerprint density at radius 1 is 1.33 bits per heavy atom. The van der Waals surface area contributed by atoms with Gasteiger partial charge >= 0.3 is 0 Å². The number of carbonyl (C=O) groups excluding carboxylic acids is 1. The van der Waals surface area contributed by atoms with Crippen molar-refractivity contribution in [1.29, 1.82) is 5.26 Å². The van der Waals surface area contributed by atoms with Gasteiger partial charge in [-0.25, -0.2) is 5.43 Å². The van der Waals surface area contributed by atoms with Gasteiger partial charge in [0.15, 0.2) is 0 Å². The van der Waals surface area contributed by atoms with Crippen molar-refractivity contribution in [3.05, 3.63) is 68.8 Å². The van der Waals surface area contributed by atoms with E-state index in [1.807, 2.05) is 18.2 Å². The normalized spacial score (nSPS) is 14.5. The standard InChI is InChI=1S/C21H18N4O5/c1-30-16-6-7-17-13(10-16)3-2-4-18(17)19(11-22)21(27)24-23-12-14-9-15(25(28)29)5-8-20(14)26/h5-10,12,26H,2-4H2,1H3,(H,24,27). The minimum atomic E-state index is -0.697. The topological polar surface area (TPSA) is 138 Å². The summed E-state index contributed by atoms with van der Waals surface area (Å²) in [6.45, 7) is 0. The van der Waals surface area contributed by atoms with Gasteiger partial charge in [0.2, 0.25) is 0 Å². The number of aryl methyl sites for hydroxylation is 1. The fraction of sp³-hybridized carbons (Fsp3) is 0.190. The number of amides is 1. The van der Waals surface area contributed by atoms with E-state index in [0.29, 0.717) is 17.7 Å². The summed E-state index contributed by atoms with van der Waals surface area (Å²) in [5.41, 5.74) is 4.49. The van der Waals surface area contributed by atoms with Crippen molar-refractivity contribution in [2.75, 3.05) is 7.11 Å². The van der Waals surface area contributed by atoms with Crippen LogP contribution in [0.2, 0.25) is 0 Å². The maximum Gasteiger partial charge on any atom is 0.282 e. The Morgan fingerprint density at radius 2 is 2.13 bits per heavy atom. The number of ether oxygens (including phenoxy) is 1. The van der Waals surface area contributed by atoms with E-state index in [-0.39, 0.29) is 22.6 Å². The van der Waals surface area contributed by atoms with E-state index in [4.69, 9.17) is 4.74 Å². The Balaban J connectivity index is 1.85. The lowest BCUT2D eigenvalue weighted by Gasteiger charge is -2.20. The van der Waals surface area contributed by atoms with E-state index in [2.05, 4.69) is 10.5 Å². The van der Waals surface area contributed by atoms with Crippen molar-refractivity contribution >= 4 is 23.4 Å². The average molecular weight is 406 g/mol. The van der Waals surface area contributed by atoms with Crippen molar-refractivity contribution in [1.82, 2.24) is 5.43 Å². The fourth-order valence-corrected chi connectivity index (χ4v) is 3.28. The molecule has 9 nitrogen and oxygen atoms in total. The largest absolute Gasteiger partial charge is 0.507 e. The van der Waals surface area contributed by atoms with E-state index in [1.54, 1.807) is 13.2 Å². The number of hydrazone groups is 1. The van der Waals surface area contributed by atoms with Crippen molar-refractivity contribution in [3.63, 3.8) is 0 Å². The van der Waals surface area contributed by atoms with E-state index in [0.717, 1.165) is 48.4 Å². The number of rotatable bonds is 5. The van der Waals surface area contributed by atoms with Crippen molar-refractivity contribution in [2.24, 2.45) is 5.10 Å². The highest BCUT2D eigenvalue weighted by atomic mass is 16.6. The number of nitro benzene ring substituents is 1. The molecule has 2 aromatic carbocycles. The molecule has 0 radical (unpaired) electrons. The lowest BCUT2D eigenvalue weighted by Crippen LogP contribution is -2.21.